The first-order valence-corrected chi connectivity index (χ1v) is 46.0. The SMILES string of the molecule is CCCCCCC/C=C\C/C=C\CCCCCCCCCCCCCCCCCCCCCCCCCCCC(=O)OC(COC(=O)CCCCCCCCCCCCCCCCCCCCCCCCCCCCCCC/C=C\CCCCCCCCCC)COP(=O)(O)OCCN. The van der Waals surface area contributed by atoms with Crippen molar-refractivity contribution in [1.82, 2.24) is 0 Å². The summed E-state index contributed by atoms with van der Waals surface area (Å²) in [6, 6.07) is 0. The van der Waals surface area contributed by atoms with Crippen molar-refractivity contribution in [1.29, 1.82) is 0 Å². The van der Waals surface area contributed by atoms with Crippen molar-refractivity contribution in [3.63, 3.8) is 0 Å². The van der Waals surface area contributed by atoms with Crippen LogP contribution < -0.4 is 5.73 Å². The molecule has 0 aromatic heterocycles. The smallest absolute Gasteiger partial charge is 0.462 e. The summed E-state index contributed by atoms with van der Waals surface area (Å²) in [5, 5.41) is 0. The van der Waals surface area contributed by atoms with Crippen LogP contribution >= 0.6 is 7.82 Å². The average molecular weight is 1420 g/mol. The molecule has 0 amide bonds. The van der Waals surface area contributed by atoms with Crippen LogP contribution in [-0.4, -0.2) is 49.3 Å². The standard InChI is InChI=1S/C89H172NO8P/c1-3-5-7-9-11-13-15-17-19-21-23-25-27-29-31-33-35-37-39-41-42-43-44-46-47-49-51-53-55-57-59-61-63-65-67-69-71-73-75-77-79-81-88(91)95-85-87(86-97-99(93,94)96-84-83-90)98-89(92)82-80-78-76-74-72-70-68-66-64-62-60-58-56-54-52-50-48-45-40-38-36-34-32-30-28-26-24-22-20-18-16-14-12-10-8-6-4-2/h16,18,21-24,87H,3-15,17,19-20,25-86,90H2,1-2H3,(H,93,94)/b18-16-,23-21-,24-22-. The summed E-state index contributed by atoms with van der Waals surface area (Å²) in [7, 11) is -4.40. The Balaban J connectivity index is 3.69. The summed E-state index contributed by atoms with van der Waals surface area (Å²) in [5.41, 5.74) is 5.43. The normalized spacial score (nSPS) is 12.9. The Morgan fingerprint density at radius 3 is 0.778 bits per heavy atom. The van der Waals surface area contributed by atoms with E-state index in [9.17, 15) is 19.0 Å². The lowest BCUT2D eigenvalue weighted by molar-refractivity contribution is -0.161. The van der Waals surface area contributed by atoms with Crippen LogP contribution in [0.3, 0.4) is 0 Å². The molecule has 0 aliphatic rings. The molecule has 0 heterocycles. The predicted molar refractivity (Wildman–Crippen MR) is 432 cm³/mol. The lowest BCUT2D eigenvalue weighted by atomic mass is 10.0. The zero-order valence-electron chi connectivity index (χ0n) is 66.5. The minimum Gasteiger partial charge on any atom is -0.462 e. The second kappa shape index (κ2) is 85.2. The van der Waals surface area contributed by atoms with Gasteiger partial charge in [0.15, 0.2) is 6.10 Å². The second-order valence-electron chi connectivity index (χ2n) is 30.5. The first-order chi connectivity index (χ1) is 48.8. The number of hydrogen-bond acceptors (Lipinski definition) is 8. The summed E-state index contributed by atoms with van der Waals surface area (Å²) in [4.78, 5) is 35.5. The van der Waals surface area contributed by atoms with Gasteiger partial charge in [0, 0.05) is 19.4 Å². The minimum atomic E-state index is -4.40. The number of esters is 2. The Labute approximate surface area is 617 Å². The maximum Gasteiger partial charge on any atom is 0.472 e. The fourth-order valence-corrected chi connectivity index (χ4v) is 14.7. The first kappa shape index (κ1) is 97.2. The van der Waals surface area contributed by atoms with Crippen LogP contribution in [0.2, 0.25) is 0 Å². The molecule has 0 saturated heterocycles. The molecule has 9 nitrogen and oxygen atoms in total. The Hall–Kier alpha value is -1.77. The Bertz CT molecular complexity index is 1720. The van der Waals surface area contributed by atoms with Gasteiger partial charge in [-0.25, -0.2) is 4.57 Å². The highest BCUT2D eigenvalue weighted by molar-refractivity contribution is 7.47. The van der Waals surface area contributed by atoms with Crippen LogP contribution in [0, 0.1) is 0 Å². The van der Waals surface area contributed by atoms with Gasteiger partial charge in [0.2, 0.25) is 0 Å². The quantitative estimate of drug-likeness (QED) is 0.0264. The van der Waals surface area contributed by atoms with Gasteiger partial charge in [-0.2, -0.15) is 0 Å². The highest BCUT2D eigenvalue weighted by atomic mass is 31.2. The van der Waals surface area contributed by atoms with Crippen LogP contribution in [0.5, 0.6) is 0 Å². The van der Waals surface area contributed by atoms with Gasteiger partial charge in [-0.15, -0.1) is 0 Å². The van der Waals surface area contributed by atoms with E-state index in [2.05, 4.69) is 50.3 Å². The average Bonchev–Trinajstić information content (AvgIpc) is 1.64. The molecular formula is C89H172NO8P. The fourth-order valence-electron chi connectivity index (χ4n) is 13.9. The lowest BCUT2D eigenvalue weighted by Crippen LogP contribution is -2.29. The topological polar surface area (TPSA) is 134 Å². The van der Waals surface area contributed by atoms with Gasteiger partial charge in [0.25, 0.3) is 0 Å². The van der Waals surface area contributed by atoms with Gasteiger partial charge >= 0.3 is 19.8 Å². The number of phosphoric acid groups is 1. The molecule has 0 aliphatic heterocycles. The van der Waals surface area contributed by atoms with Crippen LogP contribution in [0.15, 0.2) is 36.5 Å². The molecule has 0 fully saturated rings. The molecular weight excluding hydrogens is 1240 g/mol. The zero-order valence-corrected chi connectivity index (χ0v) is 67.4. The number of rotatable bonds is 86. The highest BCUT2D eigenvalue weighted by Crippen LogP contribution is 2.43. The Kier molecular flexibility index (Phi) is 83.6. The molecule has 10 heteroatoms. The molecule has 0 aromatic carbocycles. The summed E-state index contributed by atoms with van der Waals surface area (Å²) in [6.45, 7) is 3.83. The van der Waals surface area contributed by atoms with E-state index in [1.165, 1.54) is 417 Å². The van der Waals surface area contributed by atoms with Crippen molar-refractivity contribution in [3.8, 4) is 0 Å². The molecule has 0 bridgehead atoms. The summed E-state index contributed by atoms with van der Waals surface area (Å²) in [5.74, 6) is -0.797. The Morgan fingerprint density at radius 2 is 0.525 bits per heavy atom. The van der Waals surface area contributed by atoms with Crippen molar-refractivity contribution in [2.45, 2.75) is 495 Å². The molecule has 586 valence electrons. The molecule has 2 unspecified atom stereocenters. The van der Waals surface area contributed by atoms with E-state index in [4.69, 9.17) is 24.3 Å². The molecule has 0 rings (SSSR count). The largest absolute Gasteiger partial charge is 0.472 e. The first-order valence-electron chi connectivity index (χ1n) is 44.5. The number of unbranched alkanes of at least 4 members (excludes halogenated alkanes) is 67. The van der Waals surface area contributed by atoms with Crippen molar-refractivity contribution >= 4 is 19.8 Å². The number of ether oxygens (including phenoxy) is 2. The van der Waals surface area contributed by atoms with E-state index < -0.39 is 26.5 Å². The van der Waals surface area contributed by atoms with E-state index in [1.54, 1.807) is 0 Å². The summed E-state index contributed by atoms with van der Waals surface area (Å²) in [6.07, 6.45) is 111. The maximum absolute atomic E-state index is 12.8. The highest BCUT2D eigenvalue weighted by Gasteiger charge is 2.26. The van der Waals surface area contributed by atoms with Gasteiger partial charge < -0.3 is 20.1 Å². The number of hydrogen-bond donors (Lipinski definition) is 2. The van der Waals surface area contributed by atoms with Crippen LogP contribution in [0.1, 0.15) is 489 Å². The van der Waals surface area contributed by atoms with E-state index in [-0.39, 0.29) is 38.6 Å². The lowest BCUT2D eigenvalue weighted by Gasteiger charge is -2.19. The van der Waals surface area contributed by atoms with Gasteiger partial charge in [0.05, 0.1) is 13.2 Å². The van der Waals surface area contributed by atoms with E-state index in [1.807, 2.05) is 0 Å². The van der Waals surface area contributed by atoms with Crippen molar-refractivity contribution < 1.29 is 37.6 Å². The number of carbonyl (C=O) groups excluding carboxylic acids is 2. The third kappa shape index (κ3) is 85.1. The third-order valence-electron chi connectivity index (χ3n) is 20.5. The minimum absolute atomic E-state index is 0.0572. The fraction of sp³-hybridized carbons (Fsp3) is 0.910. The van der Waals surface area contributed by atoms with Gasteiger partial charge in [0.1, 0.15) is 6.61 Å². The molecule has 3 N–H and O–H groups in total. The zero-order chi connectivity index (χ0) is 71.5. The number of nitrogens with two attached hydrogens (primary N) is 1. The van der Waals surface area contributed by atoms with E-state index >= 15 is 0 Å². The van der Waals surface area contributed by atoms with Gasteiger partial charge in [-0.05, 0) is 70.6 Å². The number of phosphoric ester groups is 1. The third-order valence-corrected chi connectivity index (χ3v) is 21.5. The van der Waals surface area contributed by atoms with Crippen LogP contribution in [-0.2, 0) is 32.7 Å². The Morgan fingerprint density at radius 1 is 0.303 bits per heavy atom. The van der Waals surface area contributed by atoms with Crippen molar-refractivity contribution in [2.75, 3.05) is 26.4 Å². The predicted octanol–water partition coefficient (Wildman–Crippen LogP) is 30.1. The molecule has 0 aromatic rings. The van der Waals surface area contributed by atoms with E-state index in [0.717, 1.165) is 38.5 Å². The van der Waals surface area contributed by atoms with Crippen LogP contribution in [0.4, 0.5) is 0 Å². The van der Waals surface area contributed by atoms with Crippen molar-refractivity contribution in [2.24, 2.45) is 5.73 Å². The molecule has 2 atom stereocenters. The van der Waals surface area contributed by atoms with E-state index in [0.29, 0.717) is 6.42 Å². The second-order valence-corrected chi connectivity index (χ2v) is 31.9. The van der Waals surface area contributed by atoms with Crippen LogP contribution in [0.25, 0.3) is 0 Å². The number of allylic oxidation sites excluding steroid dienone is 6. The van der Waals surface area contributed by atoms with Gasteiger partial charge in [-0.3, -0.25) is 18.6 Å². The molecule has 0 aliphatic carbocycles. The van der Waals surface area contributed by atoms with Crippen molar-refractivity contribution in [3.05, 3.63) is 36.5 Å². The monoisotopic (exact) mass is 1410 g/mol. The summed E-state index contributed by atoms with van der Waals surface area (Å²) < 4.78 is 33.3. The summed E-state index contributed by atoms with van der Waals surface area (Å²) >= 11 is 0. The number of carbonyl (C=O) groups is 2. The molecule has 0 spiro atoms. The molecule has 0 radical (unpaired) electrons. The maximum atomic E-state index is 12.8. The van der Waals surface area contributed by atoms with Gasteiger partial charge in [-0.1, -0.05) is 442 Å². The molecule has 0 saturated carbocycles. The molecule has 99 heavy (non-hydrogen) atoms.